The summed E-state index contributed by atoms with van der Waals surface area (Å²) in [6, 6.07) is 10.6. The molecule has 3 atom stereocenters. The fraction of sp³-hybridized carbons (Fsp3) is 0.320. The van der Waals surface area contributed by atoms with Gasteiger partial charge in [-0.25, -0.2) is 14.4 Å². The smallest absolute Gasteiger partial charge is 0.254 e. The molecule has 1 heterocycles. The van der Waals surface area contributed by atoms with E-state index in [1.165, 1.54) is 12.1 Å². The van der Waals surface area contributed by atoms with Gasteiger partial charge in [0.15, 0.2) is 0 Å². The molecular weight excluding hydrogens is 503 g/mol. The number of aliphatic hydroxyl groups is 2. The summed E-state index contributed by atoms with van der Waals surface area (Å²) in [4.78, 5) is 21.6. The van der Waals surface area contributed by atoms with Crippen LogP contribution in [0, 0.1) is 5.82 Å². The first-order valence-corrected chi connectivity index (χ1v) is 11.9. The summed E-state index contributed by atoms with van der Waals surface area (Å²) >= 11 is 3.36. The molecule has 34 heavy (non-hydrogen) atoms. The van der Waals surface area contributed by atoms with E-state index in [9.17, 15) is 19.4 Å². The molecule has 3 aromatic rings. The Hall–Kier alpha value is -2.88. The molecule has 1 fully saturated rings. The zero-order chi connectivity index (χ0) is 24.2. The van der Waals surface area contributed by atoms with Crippen molar-refractivity contribution >= 4 is 27.7 Å². The van der Waals surface area contributed by atoms with Crippen molar-refractivity contribution in [3.05, 3.63) is 75.8 Å². The van der Waals surface area contributed by atoms with Gasteiger partial charge in [-0.05, 0) is 49.1 Å². The van der Waals surface area contributed by atoms with Crippen LogP contribution in [0.5, 0.6) is 0 Å². The number of aliphatic hydroxyl groups excluding tert-OH is 2. The summed E-state index contributed by atoms with van der Waals surface area (Å²) in [7, 11) is 0. The van der Waals surface area contributed by atoms with Gasteiger partial charge in [0.1, 0.15) is 17.3 Å². The zero-order valence-electron chi connectivity index (χ0n) is 18.4. The molecule has 7 nitrogen and oxygen atoms in total. The monoisotopic (exact) mass is 528 g/mol. The minimum Gasteiger partial charge on any atom is -0.394 e. The van der Waals surface area contributed by atoms with Crippen molar-refractivity contribution in [3.63, 3.8) is 0 Å². The van der Waals surface area contributed by atoms with E-state index in [2.05, 4.69) is 31.2 Å². The number of carbonyl (C=O) groups excluding carboxylic acids is 1. The van der Waals surface area contributed by atoms with Crippen molar-refractivity contribution in [3.8, 4) is 11.3 Å². The molecule has 2 aromatic carbocycles. The molecule has 0 bridgehead atoms. The van der Waals surface area contributed by atoms with Crippen LogP contribution in [-0.4, -0.2) is 38.8 Å². The summed E-state index contributed by atoms with van der Waals surface area (Å²) in [6.07, 6.45) is 4.43. The predicted octanol–water partition coefficient (Wildman–Crippen LogP) is 4.11. The molecule has 1 aliphatic carbocycles. The number of hydrogen-bond acceptors (Lipinski definition) is 6. The highest BCUT2D eigenvalue weighted by molar-refractivity contribution is 9.10. The third-order valence-corrected chi connectivity index (χ3v) is 6.60. The molecule has 0 radical (unpaired) electrons. The SMILES string of the molecule is Nc1ncc(C2CCCC(O)C2)nc1-c1ccc(C(=O)N[C@H](CO)c2cccc(Br)c2)c(F)c1. The van der Waals surface area contributed by atoms with E-state index in [1.807, 2.05) is 6.07 Å². The van der Waals surface area contributed by atoms with Crippen LogP contribution in [0.2, 0.25) is 0 Å². The molecule has 1 amide bonds. The molecule has 1 aromatic heterocycles. The van der Waals surface area contributed by atoms with Gasteiger partial charge in [0, 0.05) is 16.0 Å². The molecule has 1 aliphatic rings. The minimum absolute atomic E-state index is 0.0685. The Balaban J connectivity index is 1.56. The van der Waals surface area contributed by atoms with Gasteiger partial charge < -0.3 is 21.3 Å². The van der Waals surface area contributed by atoms with Crippen molar-refractivity contribution < 1.29 is 19.4 Å². The number of anilines is 1. The Labute approximate surface area is 205 Å². The van der Waals surface area contributed by atoms with E-state index in [0.29, 0.717) is 28.9 Å². The number of halogens is 2. The van der Waals surface area contributed by atoms with Gasteiger partial charge in [-0.2, -0.15) is 0 Å². The third kappa shape index (κ3) is 5.43. The topological polar surface area (TPSA) is 121 Å². The highest BCUT2D eigenvalue weighted by Gasteiger charge is 2.24. The number of hydrogen-bond donors (Lipinski definition) is 4. The van der Waals surface area contributed by atoms with Crippen molar-refractivity contribution in [2.24, 2.45) is 0 Å². The molecule has 4 rings (SSSR count). The van der Waals surface area contributed by atoms with Crippen LogP contribution in [0.3, 0.4) is 0 Å². The van der Waals surface area contributed by atoms with Crippen molar-refractivity contribution in [2.75, 3.05) is 12.3 Å². The van der Waals surface area contributed by atoms with Gasteiger partial charge >= 0.3 is 0 Å². The van der Waals surface area contributed by atoms with Crippen LogP contribution in [0.15, 0.2) is 53.1 Å². The quantitative estimate of drug-likeness (QED) is 0.382. The first-order valence-electron chi connectivity index (χ1n) is 11.1. The second-order valence-corrected chi connectivity index (χ2v) is 9.42. The van der Waals surface area contributed by atoms with Gasteiger partial charge in [0.25, 0.3) is 5.91 Å². The Morgan fingerprint density at radius 2 is 2.09 bits per heavy atom. The lowest BCUT2D eigenvalue weighted by Gasteiger charge is -2.25. The van der Waals surface area contributed by atoms with E-state index in [1.54, 1.807) is 30.5 Å². The number of nitrogens with zero attached hydrogens (tertiary/aromatic N) is 2. The van der Waals surface area contributed by atoms with Gasteiger partial charge in [-0.15, -0.1) is 0 Å². The van der Waals surface area contributed by atoms with Crippen molar-refractivity contribution in [1.82, 2.24) is 15.3 Å². The fourth-order valence-electron chi connectivity index (χ4n) is 4.29. The van der Waals surface area contributed by atoms with Crippen LogP contribution >= 0.6 is 15.9 Å². The van der Waals surface area contributed by atoms with E-state index >= 15 is 0 Å². The van der Waals surface area contributed by atoms with E-state index in [0.717, 1.165) is 23.7 Å². The number of nitrogen functional groups attached to an aromatic ring is 1. The number of aromatic nitrogens is 2. The highest BCUT2D eigenvalue weighted by Crippen LogP contribution is 2.34. The fourth-order valence-corrected chi connectivity index (χ4v) is 4.71. The molecule has 0 spiro atoms. The summed E-state index contributed by atoms with van der Waals surface area (Å²) in [5, 5.41) is 22.4. The third-order valence-electron chi connectivity index (χ3n) is 6.11. The Bertz CT molecular complexity index is 1190. The first-order chi connectivity index (χ1) is 16.4. The lowest BCUT2D eigenvalue weighted by molar-refractivity contribution is 0.0912. The van der Waals surface area contributed by atoms with Crippen molar-refractivity contribution in [2.45, 2.75) is 43.7 Å². The molecule has 1 saturated carbocycles. The molecule has 0 saturated heterocycles. The average Bonchev–Trinajstić information content (AvgIpc) is 2.82. The van der Waals surface area contributed by atoms with Gasteiger partial charge in [0.2, 0.25) is 0 Å². The van der Waals surface area contributed by atoms with Crippen LogP contribution in [0.4, 0.5) is 10.2 Å². The number of amides is 1. The number of nitrogens with two attached hydrogens (primary N) is 1. The number of rotatable bonds is 6. The minimum atomic E-state index is -0.736. The second kappa shape index (κ2) is 10.6. The lowest BCUT2D eigenvalue weighted by atomic mass is 9.85. The lowest BCUT2D eigenvalue weighted by Crippen LogP contribution is -2.31. The standard InChI is InChI=1S/C25H26BrFN4O3/c26-17-5-1-3-14(9-17)22(13-32)31-25(34)19-8-7-16(11-20(19)27)23-24(28)29-12-21(30-23)15-4-2-6-18(33)10-15/h1,3,5,7-9,11-12,15,18,22,32-33H,2,4,6,10,13H2,(H2,28,29)(H,31,34)/t15?,18?,22-/m1/s1. The largest absolute Gasteiger partial charge is 0.394 e. The summed E-state index contributed by atoms with van der Waals surface area (Å²) in [6.45, 7) is -0.337. The number of nitrogens with one attached hydrogen (secondary N) is 1. The van der Waals surface area contributed by atoms with E-state index < -0.39 is 17.8 Å². The normalized spacial score (nSPS) is 18.9. The molecule has 5 N–H and O–H groups in total. The predicted molar refractivity (Wildman–Crippen MR) is 130 cm³/mol. The molecule has 0 aliphatic heterocycles. The van der Waals surface area contributed by atoms with Gasteiger partial charge in [-0.3, -0.25) is 4.79 Å². The van der Waals surface area contributed by atoms with Crippen LogP contribution in [0.25, 0.3) is 11.3 Å². The average molecular weight is 529 g/mol. The molecular formula is C25H26BrFN4O3. The van der Waals surface area contributed by atoms with E-state index in [4.69, 9.17) is 5.73 Å². The maximum Gasteiger partial charge on any atom is 0.254 e. The molecule has 178 valence electrons. The maximum absolute atomic E-state index is 15.0. The van der Waals surface area contributed by atoms with E-state index in [-0.39, 0.29) is 30.0 Å². The molecule has 9 heteroatoms. The van der Waals surface area contributed by atoms with Crippen molar-refractivity contribution in [1.29, 1.82) is 0 Å². The molecule has 2 unspecified atom stereocenters. The van der Waals surface area contributed by atoms with Crippen LogP contribution < -0.4 is 11.1 Å². The van der Waals surface area contributed by atoms with Gasteiger partial charge in [0.05, 0.1) is 36.2 Å². The van der Waals surface area contributed by atoms with Crippen LogP contribution in [0.1, 0.15) is 59.3 Å². The zero-order valence-corrected chi connectivity index (χ0v) is 20.0. The number of carbonyl (C=O) groups is 1. The van der Waals surface area contributed by atoms with Crippen LogP contribution in [-0.2, 0) is 0 Å². The Morgan fingerprint density at radius 1 is 1.26 bits per heavy atom. The Kier molecular flexibility index (Phi) is 7.55. The Morgan fingerprint density at radius 3 is 2.79 bits per heavy atom. The summed E-state index contributed by atoms with van der Waals surface area (Å²) in [5.41, 5.74) is 8.02. The summed E-state index contributed by atoms with van der Waals surface area (Å²) < 4.78 is 15.8. The summed E-state index contributed by atoms with van der Waals surface area (Å²) in [5.74, 6) is -1.15. The first kappa shape index (κ1) is 24.3. The maximum atomic E-state index is 15.0. The second-order valence-electron chi connectivity index (χ2n) is 8.50. The number of benzene rings is 2. The van der Waals surface area contributed by atoms with Gasteiger partial charge in [-0.1, -0.05) is 40.5 Å². The highest BCUT2D eigenvalue weighted by atomic mass is 79.9.